The second-order valence-corrected chi connectivity index (χ2v) is 3.30. The molecule has 1 aliphatic heterocycles. The van der Waals surface area contributed by atoms with Gasteiger partial charge in [0.25, 0.3) is 0 Å². The lowest BCUT2D eigenvalue weighted by atomic mass is 10.3. The van der Waals surface area contributed by atoms with Gasteiger partial charge in [0, 0.05) is 12.3 Å². The van der Waals surface area contributed by atoms with Crippen LogP contribution < -0.4 is 4.90 Å². The fourth-order valence-electron chi connectivity index (χ4n) is 1.52. The first kappa shape index (κ1) is 10.2. The molecular weight excluding hydrogens is 214 g/mol. The van der Waals surface area contributed by atoms with Crippen molar-refractivity contribution >= 4 is 23.2 Å². The van der Waals surface area contributed by atoms with Gasteiger partial charge in [-0.05, 0) is 6.07 Å². The number of anilines is 1. The van der Waals surface area contributed by atoms with Crippen LogP contribution in [0.15, 0.2) is 18.3 Å². The smallest absolute Gasteiger partial charge is 0.297 e. The van der Waals surface area contributed by atoms with Crippen LogP contribution in [0.2, 0.25) is 0 Å². The maximum Gasteiger partial charge on any atom is 0.312 e. The van der Waals surface area contributed by atoms with Gasteiger partial charge >= 0.3 is 5.69 Å². The summed E-state index contributed by atoms with van der Waals surface area (Å²) in [6.45, 7) is -0.142. The van der Waals surface area contributed by atoms with E-state index in [2.05, 4.69) is 4.98 Å². The second kappa shape index (κ2) is 3.69. The minimum absolute atomic E-state index is 0.0663. The Labute approximate surface area is 89.8 Å². The normalized spacial score (nSPS) is 15.6. The summed E-state index contributed by atoms with van der Waals surface area (Å²) in [5, 5.41) is 10.7. The maximum absolute atomic E-state index is 11.4. The standard InChI is InChI=1S/C9H7N3O4/c13-6-4-8(14)11(5-6)9-7(12(15)16)2-1-3-10-9/h1-3H,4-5H2. The lowest BCUT2D eigenvalue weighted by molar-refractivity contribution is -0.384. The Morgan fingerprint density at radius 2 is 2.19 bits per heavy atom. The topological polar surface area (TPSA) is 93.4 Å². The molecule has 82 valence electrons. The number of ketones is 1. The van der Waals surface area contributed by atoms with E-state index < -0.39 is 10.8 Å². The molecule has 1 amide bonds. The summed E-state index contributed by atoms with van der Waals surface area (Å²) in [5.41, 5.74) is -0.273. The highest BCUT2D eigenvalue weighted by Crippen LogP contribution is 2.27. The number of carbonyl (C=O) groups excluding carboxylic acids is 2. The number of pyridine rings is 1. The number of hydrogen-bond acceptors (Lipinski definition) is 5. The van der Waals surface area contributed by atoms with E-state index in [1.807, 2.05) is 0 Å². The van der Waals surface area contributed by atoms with Crippen molar-refractivity contribution in [2.24, 2.45) is 0 Å². The molecular formula is C9H7N3O4. The third-order valence-electron chi connectivity index (χ3n) is 2.20. The van der Waals surface area contributed by atoms with E-state index in [1.54, 1.807) is 0 Å². The summed E-state index contributed by atoms with van der Waals surface area (Å²) >= 11 is 0. The Kier molecular flexibility index (Phi) is 2.35. The molecule has 7 nitrogen and oxygen atoms in total. The molecule has 7 heteroatoms. The minimum atomic E-state index is -0.627. The number of Topliss-reactive ketones (excluding diaryl/α,β-unsaturated/α-hetero) is 1. The molecule has 2 rings (SSSR count). The van der Waals surface area contributed by atoms with Crippen LogP contribution in [0.5, 0.6) is 0 Å². The van der Waals surface area contributed by atoms with Crippen molar-refractivity contribution in [2.75, 3.05) is 11.4 Å². The van der Waals surface area contributed by atoms with E-state index in [1.165, 1.54) is 18.3 Å². The van der Waals surface area contributed by atoms with Gasteiger partial charge in [-0.15, -0.1) is 0 Å². The molecule has 0 unspecified atom stereocenters. The van der Waals surface area contributed by atoms with Crippen molar-refractivity contribution in [2.45, 2.75) is 6.42 Å². The summed E-state index contributed by atoms with van der Waals surface area (Å²) < 4.78 is 0. The minimum Gasteiger partial charge on any atom is -0.297 e. The highest BCUT2D eigenvalue weighted by Gasteiger charge is 2.33. The van der Waals surface area contributed by atoms with Gasteiger partial charge in [0.2, 0.25) is 11.7 Å². The predicted molar refractivity (Wildman–Crippen MR) is 52.9 cm³/mol. The van der Waals surface area contributed by atoms with Crippen molar-refractivity contribution in [1.82, 2.24) is 4.98 Å². The average Bonchev–Trinajstić information content (AvgIpc) is 2.57. The molecule has 1 aromatic rings. The highest BCUT2D eigenvalue weighted by molar-refractivity contribution is 6.15. The first-order chi connectivity index (χ1) is 7.59. The quantitative estimate of drug-likeness (QED) is 0.406. The van der Waals surface area contributed by atoms with Crippen molar-refractivity contribution in [3.63, 3.8) is 0 Å². The lowest BCUT2D eigenvalue weighted by Crippen LogP contribution is -2.26. The number of hydrogen-bond donors (Lipinski definition) is 0. The predicted octanol–water partition coefficient (Wildman–Crippen LogP) is 0.296. The number of nitrogens with zero attached hydrogens (tertiary/aromatic N) is 3. The molecule has 0 spiro atoms. The zero-order chi connectivity index (χ0) is 11.7. The monoisotopic (exact) mass is 221 g/mol. The first-order valence-corrected chi connectivity index (χ1v) is 4.51. The fourth-order valence-corrected chi connectivity index (χ4v) is 1.52. The third kappa shape index (κ3) is 1.62. The van der Waals surface area contributed by atoms with E-state index >= 15 is 0 Å². The molecule has 0 aromatic carbocycles. The molecule has 16 heavy (non-hydrogen) atoms. The largest absolute Gasteiger partial charge is 0.312 e. The van der Waals surface area contributed by atoms with Gasteiger partial charge in [0.1, 0.15) is 0 Å². The maximum atomic E-state index is 11.4. The number of rotatable bonds is 2. The second-order valence-electron chi connectivity index (χ2n) is 3.30. The van der Waals surface area contributed by atoms with Crippen LogP contribution in [0.3, 0.4) is 0 Å². The Morgan fingerprint density at radius 1 is 1.44 bits per heavy atom. The molecule has 1 aliphatic rings. The Bertz CT molecular complexity index is 485. The van der Waals surface area contributed by atoms with Crippen molar-refractivity contribution in [3.05, 3.63) is 28.4 Å². The van der Waals surface area contributed by atoms with Gasteiger partial charge in [-0.3, -0.25) is 24.6 Å². The van der Waals surface area contributed by atoms with Crippen molar-refractivity contribution < 1.29 is 14.5 Å². The number of carbonyl (C=O) groups is 2. The molecule has 0 radical (unpaired) electrons. The number of amides is 1. The fraction of sp³-hybridized carbons (Fsp3) is 0.222. The molecule has 2 heterocycles. The number of nitro groups is 1. The molecule has 0 N–H and O–H groups in total. The highest BCUT2D eigenvalue weighted by atomic mass is 16.6. The molecule has 0 saturated carbocycles. The summed E-state index contributed by atoms with van der Waals surface area (Å²) in [6, 6.07) is 2.66. The zero-order valence-corrected chi connectivity index (χ0v) is 8.12. The van der Waals surface area contributed by atoms with E-state index in [9.17, 15) is 19.7 Å². The number of aromatic nitrogens is 1. The van der Waals surface area contributed by atoms with E-state index in [0.29, 0.717) is 0 Å². The Morgan fingerprint density at radius 3 is 2.75 bits per heavy atom. The molecule has 0 atom stereocenters. The van der Waals surface area contributed by atoms with Gasteiger partial charge < -0.3 is 0 Å². The van der Waals surface area contributed by atoms with Gasteiger partial charge in [0.05, 0.1) is 17.9 Å². The van der Waals surface area contributed by atoms with E-state index in [0.717, 1.165) is 4.90 Å². The molecule has 0 bridgehead atoms. The van der Waals surface area contributed by atoms with Crippen LogP contribution in [-0.4, -0.2) is 28.1 Å². The van der Waals surface area contributed by atoms with Crippen LogP contribution in [0, 0.1) is 10.1 Å². The van der Waals surface area contributed by atoms with E-state index in [-0.39, 0.29) is 30.3 Å². The van der Waals surface area contributed by atoms with E-state index in [4.69, 9.17) is 0 Å². The Balaban J connectivity index is 2.44. The summed E-state index contributed by atoms with van der Waals surface area (Å²) in [6.07, 6.45) is 1.13. The van der Waals surface area contributed by atoms with Crippen molar-refractivity contribution in [1.29, 1.82) is 0 Å². The van der Waals surface area contributed by atoms with Gasteiger partial charge in [-0.2, -0.15) is 0 Å². The van der Waals surface area contributed by atoms with Crippen molar-refractivity contribution in [3.8, 4) is 0 Å². The third-order valence-corrected chi connectivity index (χ3v) is 2.20. The van der Waals surface area contributed by atoms with Gasteiger partial charge in [-0.25, -0.2) is 4.98 Å². The van der Waals surface area contributed by atoms with Gasteiger partial charge in [0.15, 0.2) is 5.78 Å². The van der Waals surface area contributed by atoms with Crippen LogP contribution in [0.4, 0.5) is 11.5 Å². The van der Waals surface area contributed by atoms with Crippen LogP contribution in [0.1, 0.15) is 6.42 Å². The first-order valence-electron chi connectivity index (χ1n) is 4.51. The van der Waals surface area contributed by atoms with Gasteiger partial charge in [-0.1, -0.05) is 0 Å². The van der Waals surface area contributed by atoms with Crippen LogP contribution in [-0.2, 0) is 9.59 Å². The molecule has 1 saturated heterocycles. The molecule has 1 fully saturated rings. The van der Waals surface area contributed by atoms with Crippen LogP contribution >= 0.6 is 0 Å². The SMILES string of the molecule is O=C1CC(=O)N(c2ncccc2[N+](=O)[O-])C1. The summed E-state index contributed by atoms with van der Waals surface area (Å²) in [5.74, 6) is -0.778. The zero-order valence-electron chi connectivity index (χ0n) is 8.12. The average molecular weight is 221 g/mol. The molecule has 1 aromatic heterocycles. The lowest BCUT2D eigenvalue weighted by Gasteiger charge is -2.12. The summed E-state index contributed by atoms with van der Waals surface area (Å²) in [4.78, 5) is 37.4. The summed E-state index contributed by atoms with van der Waals surface area (Å²) in [7, 11) is 0. The van der Waals surface area contributed by atoms with Crippen LogP contribution in [0.25, 0.3) is 0 Å². The Hall–Kier alpha value is -2.31. The molecule has 0 aliphatic carbocycles.